The summed E-state index contributed by atoms with van der Waals surface area (Å²) in [7, 11) is 0. The van der Waals surface area contributed by atoms with Crippen molar-refractivity contribution in [2.45, 2.75) is 39.2 Å². The van der Waals surface area contributed by atoms with Crippen molar-refractivity contribution in [2.75, 3.05) is 5.32 Å². The normalized spacial score (nSPS) is 15.1. The number of amides is 2. The van der Waals surface area contributed by atoms with E-state index in [2.05, 4.69) is 41.8 Å². The molecule has 3 rings (SSSR count). The Kier molecular flexibility index (Phi) is 4.07. The van der Waals surface area contributed by atoms with Crippen LogP contribution in [0.5, 0.6) is 0 Å². The summed E-state index contributed by atoms with van der Waals surface area (Å²) in [6, 6.07) is 12.0. The van der Waals surface area contributed by atoms with Gasteiger partial charge in [-0.3, -0.25) is 0 Å². The number of carbonyl (C=O) groups is 1. The summed E-state index contributed by atoms with van der Waals surface area (Å²) in [5, 5.41) is 6.58. The molecule has 1 aliphatic rings. The molecule has 1 saturated carbocycles. The highest BCUT2D eigenvalue weighted by Gasteiger charge is 2.45. The molecule has 2 amide bonds. The molecule has 0 atom stereocenters. The zero-order chi connectivity index (χ0) is 16.6. The Morgan fingerprint density at radius 1 is 1.04 bits per heavy atom. The van der Waals surface area contributed by atoms with E-state index in [-0.39, 0.29) is 11.6 Å². The van der Waals surface area contributed by atoms with Crippen LogP contribution in [0.1, 0.15) is 35.1 Å². The Labute approximate surface area is 142 Å². The Balaban J connectivity index is 1.74. The van der Waals surface area contributed by atoms with Crippen LogP contribution < -0.4 is 10.6 Å². The van der Waals surface area contributed by atoms with E-state index in [1.54, 1.807) is 0 Å². The topological polar surface area (TPSA) is 41.1 Å². The lowest BCUT2D eigenvalue weighted by Gasteiger charge is -2.20. The van der Waals surface area contributed by atoms with Gasteiger partial charge in [-0.15, -0.1) is 0 Å². The SMILES string of the molecule is Cc1ccc(C2(NC(=O)Nc3c(C)cc(C)cc3Cl)CC2)cc1. The number of aryl methyl sites for hydroxylation is 3. The van der Waals surface area contributed by atoms with Crippen molar-refractivity contribution in [2.24, 2.45) is 0 Å². The second-order valence-electron chi connectivity index (χ2n) is 6.47. The highest BCUT2D eigenvalue weighted by Crippen LogP contribution is 2.45. The van der Waals surface area contributed by atoms with Crippen LogP contribution in [-0.4, -0.2) is 6.03 Å². The minimum absolute atomic E-state index is 0.211. The first-order valence-electron chi connectivity index (χ1n) is 7.83. The van der Waals surface area contributed by atoms with Gasteiger partial charge in [-0.2, -0.15) is 0 Å². The fraction of sp³-hybridized carbons (Fsp3) is 0.316. The monoisotopic (exact) mass is 328 g/mol. The van der Waals surface area contributed by atoms with Gasteiger partial charge in [-0.05, 0) is 56.4 Å². The van der Waals surface area contributed by atoms with Crippen LogP contribution in [0.15, 0.2) is 36.4 Å². The molecule has 0 aliphatic heterocycles. The largest absolute Gasteiger partial charge is 0.328 e. The lowest BCUT2D eigenvalue weighted by atomic mass is 10.0. The summed E-state index contributed by atoms with van der Waals surface area (Å²) in [5.74, 6) is 0. The van der Waals surface area contributed by atoms with E-state index in [1.165, 1.54) is 5.56 Å². The standard InChI is InChI=1S/C19H21ClN2O/c1-12-4-6-15(7-5-12)19(8-9-19)22-18(23)21-17-14(3)10-13(2)11-16(17)20/h4-7,10-11H,8-9H2,1-3H3,(H2,21,22,23). The number of nitrogens with one attached hydrogen (secondary N) is 2. The van der Waals surface area contributed by atoms with Crippen LogP contribution >= 0.6 is 11.6 Å². The quantitative estimate of drug-likeness (QED) is 0.810. The molecule has 120 valence electrons. The van der Waals surface area contributed by atoms with E-state index in [9.17, 15) is 4.79 Å². The fourth-order valence-electron chi connectivity index (χ4n) is 2.92. The third-order valence-electron chi connectivity index (χ3n) is 4.38. The molecule has 0 heterocycles. The van der Waals surface area contributed by atoms with E-state index in [0.717, 1.165) is 29.5 Å². The number of benzene rings is 2. The van der Waals surface area contributed by atoms with Crippen LogP contribution in [-0.2, 0) is 5.54 Å². The summed E-state index contributed by atoms with van der Waals surface area (Å²) in [5.41, 5.74) is 4.86. The molecule has 0 aromatic heterocycles. The molecule has 2 N–H and O–H groups in total. The average molecular weight is 329 g/mol. The van der Waals surface area contributed by atoms with E-state index >= 15 is 0 Å². The van der Waals surface area contributed by atoms with Gasteiger partial charge in [0.1, 0.15) is 0 Å². The maximum absolute atomic E-state index is 12.4. The highest BCUT2D eigenvalue weighted by atomic mass is 35.5. The summed E-state index contributed by atoms with van der Waals surface area (Å²) in [6.07, 6.45) is 1.92. The second kappa shape index (κ2) is 5.89. The number of halogens is 1. The molecule has 0 saturated heterocycles. The third-order valence-corrected chi connectivity index (χ3v) is 4.68. The van der Waals surface area contributed by atoms with Crippen molar-refractivity contribution >= 4 is 23.3 Å². The van der Waals surface area contributed by atoms with Crippen molar-refractivity contribution in [1.29, 1.82) is 0 Å². The van der Waals surface area contributed by atoms with E-state index < -0.39 is 0 Å². The van der Waals surface area contributed by atoms with Crippen molar-refractivity contribution in [1.82, 2.24) is 5.32 Å². The van der Waals surface area contributed by atoms with Crippen molar-refractivity contribution in [3.8, 4) is 0 Å². The van der Waals surface area contributed by atoms with Gasteiger partial charge < -0.3 is 10.6 Å². The summed E-state index contributed by atoms with van der Waals surface area (Å²) in [4.78, 5) is 12.4. The van der Waals surface area contributed by atoms with Crippen LogP contribution in [0.25, 0.3) is 0 Å². The number of hydrogen-bond donors (Lipinski definition) is 2. The number of carbonyl (C=O) groups excluding carboxylic acids is 1. The van der Waals surface area contributed by atoms with Crippen molar-refractivity contribution < 1.29 is 4.79 Å². The van der Waals surface area contributed by atoms with Gasteiger partial charge in [0.15, 0.2) is 0 Å². The lowest BCUT2D eigenvalue weighted by Crippen LogP contribution is -2.38. The third kappa shape index (κ3) is 3.35. The molecule has 0 unspecified atom stereocenters. The predicted molar refractivity (Wildman–Crippen MR) is 95.2 cm³/mol. The van der Waals surface area contributed by atoms with Gasteiger partial charge in [-0.25, -0.2) is 4.79 Å². The molecule has 23 heavy (non-hydrogen) atoms. The van der Waals surface area contributed by atoms with Crippen molar-refractivity contribution in [3.05, 3.63) is 63.7 Å². The van der Waals surface area contributed by atoms with E-state index in [4.69, 9.17) is 11.6 Å². The molecule has 0 radical (unpaired) electrons. The molecular formula is C19H21ClN2O. The zero-order valence-electron chi connectivity index (χ0n) is 13.7. The van der Waals surface area contributed by atoms with Gasteiger partial charge in [0, 0.05) is 0 Å². The number of urea groups is 1. The first-order valence-corrected chi connectivity index (χ1v) is 8.20. The van der Waals surface area contributed by atoms with Gasteiger partial charge in [0.2, 0.25) is 0 Å². The first-order chi connectivity index (χ1) is 10.9. The summed E-state index contributed by atoms with van der Waals surface area (Å²) >= 11 is 6.26. The van der Waals surface area contributed by atoms with Gasteiger partial charge in [0.25, 0.3) is 0 Å². The molecule has 4 heteroatoms. The maximum atomic E-state index is 12.4. The molecule has 2 aromatic rings. The van der Waals surface area contributed by atoms with Crippen LogP contribution in [0.3, 0.4) is 0 Å². The smallest absolute Gasteiger partial charge is 0.319 e. The maximum Gasteiger partial charge on any atom is 0.319 e. The highest BCUT2D eigenvalue weighted by molar-refractivity contribution is 6.34. The van der Waals surface area contributed by atoms with Gasteiger partial charge >= 0.3 is 6.03 Å². The second-order valence-corrected chi connectivity index (χ2v) is 6.87. The molecule has 1 aliphatic carbocycles. The average Bonchev–Trinajstić information content (AvgIpc) is 3.24. The molecular weight excluding hydrogens is 308 g/mol. The van der Waals surface area contributed by atoms with Gasteiger partial charge in [-0.1, -0.05) is 47.5 Å². The van der Waals surface area contributed by atoms with E-state index in [0.29, 0.717) is 10.7 Å². The molecule has 3 nitrogen and oxygen atoms in total. The summed E-state index contributed by atoms with van der Waals surface area (Å²) < 4.78 is 0. The predicted octanol–water partition coefficient (Wildman–Crippen LogP) is 5.08. The van der Waals surface area contributed by atoms with Crippen LogP contribution in [0, 0.1) is 20.8 Å². The fourth-order valence-corrected chi connectivity index (χ4v) is 3.29. The molecule has 0 bridgehead atoms. The number of hydrogen-bond acceptors (Lipinski definition) is 1. The number of rotatable bonds is 3. The van der Waals surface area contributed by atoms with Crippen molar-refractivity contribution in [3.63, 3.8) is 0 Å². The minimum Gasteiger partial charge on any atom is -0.328 e. The molecule has 0 spiro atoms. The Morgan fingerprint density at radius 2 is 1.70 bits per heavy atom. The Bertz CT molecular complexity index is 725. The zero-order valence-corrected chi connectivity index (χ0v) is 14.4. The lowest BCUT2D eigenvalue weighted by molar-refractivity contribution is 0.247. The van der Waals surface area contributed by atoms with Crippen LogP contribution in [0.4, 0.5) is 10.5 Å². The summed E-state index contributed by atoms with van der Waals surface area (Å²) in [6.45, 7) is 5.99. The van der Waals surface area contributed by atoms with Gasteiger partial charge in [0.05, 0.1) is 16.2 Å². The minimum atomic E-state index is -0.233. The number of anilines is 1. The first kappa shape index (κ1) is 15.9. The van der Waals surface area contributed by atoms with Crippen LogP contribution in [0.2, 0.25) is 5.02 Å². The van der Waals surface area contributed by atoms with E-state index in [1.807, 2.05) is 26.0 Å². The molecule has 1 fully saturated rings. The molecule has 2 aromatic carbocycles. The Morgan fingerprint density at radius 3 is 2.26 bits per heavy atom. The Hall–Kier alpha value is -2.00.